The molecule has 0 fully saturated rings. The predicted molar refractivity (Wildman–Crippen MR) is 55.7 cm³/mol. The minimum atomic E-state index is -0.0634. The lowest BCUT2D eigenvalue weighted by molar-refractivity contribution is 0.321. The molecule has 1 aromatic heterocycles. The van der Waals surface area contributed by atoms with Gasteiger partial charge in [-0.25, -0.2) is 4.98 Å². The molecule has 0 aromatic carbocycles. The number of aromatic nitrogens is 1. The van der Waals surface area contributed by atoms with Crippen molar-refractivity contribution in [2.24, 2.45) is 5.73 Å². The second-order valence-corrected chi connectivity index (χ2v) is 3.69. The summed E-state index contributed by atoms with van der Waals surface area (Å²) >= 11 is 3.34. The first-order valence-corrected chi connectivity index (χ1v) is 4.98. The van der Waals surface area contributed by atoms with Gasteiger partial charge in [0, 0.05) is 22.3 Å². The SMILES string of the molecule is CCOc1ncc(Br)cc1[C@H](C)N. The summed E-state index contributed by atoms with van der Waals surface area (Å²) in [5.74, 6) is 0.626. The zero-order chi connectivity index (χ0) is 9.84. The number of rotatable bonds is 3. The van der Waals surface area contributed by atoms with Gasteiger partial charge >= 0.3 is 0 Å². The van der Waals surface area contributed by atoms with Crippen molar-refractivity contribution >= 4 is 15.9 Å². The van der Waals surface area contributed by atoms with Crippen molar-refractivity contribution in [3.8, 4) is 5.88 Å². The van der Waals surface area contributed by atoms with Crippen LogP contribution in [0.3, 0.4) is 0 Å². The smallest absolute Gasteiger partial charge is 0.218 e. The first-order chi connectivity index (χ1) is 6.15. The number of hydrogen-bond donors (Lipinski definition) is 1. The molecule has 0 spiro atoms. The molecule has 0 amide bonds. The van der Waals surface area contributed by atoms with Gasteiger partial charge in [0.25, 0.3) is 0 Å². The van der Waals surface area contributed by atoms with Crippen molar-refractivity contribution in [3.05, 3.63) is 22.3 Å². The minimum Gasteiger partial charge on any atom is -0.478 e. The summed E-state index contributed by atoms with van der Waals surface area (Å²) in [6, 6.07) is 1.87. The predicted octanol–water partition coefficient (Wildman–Crippen LogP) is 2.26. The van der Waals surface area contributed by atoms with Crippen LogP contribution in [0.25, 0.3) is 0 Å². The van der Waals surface area contributed by atoms with Gasteiger partial charge in [-0.15, -0.1) is 0 Å². The van der Waals surface area contributed by atoms with Gasteiger partial charge in [0.05, 0.1) is 6.61 Å². The Hall–Kier alpha value is -0.610. The van der Waals surface area contributed by atoms with Gasteiger partial charge in [-0.05, 0) is 35.8 Å². The van der Waals surface area contributed by atoms with Crippen LogP contribution >= 0.6 is 15.9 Å². The molecule has 0 unspecified atom stereocenters. The standard InChI is InChI=1S/C9H13BrN2O/c1-3-13-9-8(6(2)11)4-7(10)5-12-9/h4-6H,3,11H2,1-2H3/t6-/m0/s1. The van der Waals surface area contributed by atoms with Crippen LogP contribution in [0.1, 0.15) is 25.5 Å². The van der Waals surface area contributed by atoms with Gasteiger partial charge in [-0.2, -0.15) is 0 Å². The maximum absolute atomic E-state index is 5.77. The maximum Gasteiger partial charge on any atom is 0.218 e. The van der Waals surface area contributed by atoms with Gasteiger partial charge in [-0.1, -0.05) is 0 Å². The molecule has 0 saturated carbocycles. The van der Waals surface area contributed by atoms with Crippen molar-refractivity contribution in [1.29, 1.82) is 0 Å². The van der Waals surface area contributed by atoms with Crippen LogP contribution in [0, 0.1) is 0 Å². The van der Waals surface area contributed by atoms with E-state index in [1.54, 1.807) is 6.20 Å². The molecule has 0 aliphatic heterocycles. The molecule has 72 valence electrons. The Balaban J connectivity index is 3.03. The van der Waals surface area contributed by atoms with E-state index in [4.69, 9.17) is 10.5 Å². The lowest BCUT2D eigenvalue weighted by atomic mass is 10.1. The maximum atomic E-state index is 5.77. The van der Waals surface area contributed by atoms with Gasteiger partial charge in [-0.3, -0.25) is 0 Å². The highest BCUT2D eigenvalue weighted by Gasteiger charge is 2.09. The van der Waals surface area contributed by atoms with E-state index in [0.29, 0.717) is 12.5 Å². The van der Waals surface area contributed by atoms with E-state index in [1.807, 2.05) is 19.9 Å². The third kappa shape index (κ3) is 2.67. The molecular formula is C9H13BrN2O. The number of ether oxygens (including phenoxy) is 1. The lowest BCUT2D eigenvalue weighted by Gasteiger charge is -2.11. The molecule has 0 bridgehead atoms. The first-order valence-electron chi connectivity index (χ1n) is 4.19. The van der Waals surface area contributed by atoms with Gasteiger partial charge in [0.1, 0.15) is 0 Å². The molecule has 0 radical (unpaired) electrons. The van der Waals surface area contributed by atoms with E-state index >= 15 is 0 Å². The summed E-state index contributed by atoms with van der Waals surface area (Å²) < 4.78 is 6.26. The van der Waals surface area contributed by atoms with Crippen LogP contribution < -0.4 is 10.5 Å². The highest BCUT2D eigenvalue weighted by molar-refractivity contribution is 9.10. The Kier molecular flexibility index (Phi) is 3.69. The van der Waals surface area contributed by atoms with E-state index < -0.39 is 0 Å². The van der Waals surface area contributed by atoms with E-state index in [2.05, 4.69) is 20.9 Å². The van der Waals surface area contributed by atoms with Gasteiger partial charge < -0.3 is 10.5 Å². The van der Waals surface area contributed by atoms with Crippen molar-refractivity contribution in [2.45, 2.75) is 19.9 Å². The Labute approximate surface area is 86.4 Å². The number of nitrogens with zero attached hydrogens (tertiary/aromatic N) is 1. The molecule has 0 aliphatic rings. The topological polar surface area (TPSA) is 48.1 Å². The van der Waals surface area contributed by atoms with E-state index in [0.717, 1.165) is 10.0 Å². The molecule has 1 aromatic rings. The second kappa shape index (κ2) is 4.58. The molecule has 1 rings (SSSR count). The first kappa shape index (κ1) is 10.5. The van der Waals surface area contributed by atoms with Crippen LogP contribution in [0.2, 0.25) is 0 Å². The van der Waals surface area contributed by atoms with Crippen molar-refractivity contribution < 1.29 is 4.74 Å². The van der Waals surface area contributed by atoms with Crippen LogP contribution in [-0.4, -0.2) is 11.6 Å². The summed E-state index contributed by atoms with van der Waals surface area (Å²) in [6.07, 6.45) is 1.71. The molecule has 4 heteroatoms. The minimum absolute atomic E-state index is 0.0634. The summed E-state index contributed by atoms with van der Waals surface area (Å²) in [7, 11) is 0. The molecule has 2 N–H and O–H groups in total. The van der Waals surface area contributed by atoms with Crippen LogP contribution in [0.15, 0.2) is 16.7 Å². The zero-order valence-electron chi connectivity index (χ0n) is 7.75. The number of hydrogen-bond acceptors (Lipinski definition) is 3. The highest BCUT2D eigenvalue weighted by atomic mass is 79.9. The summed E-state index contributed by atoms with van der Waals surface area (Å²) in [5.41, 5.74) is 6.70. The van der Waals surface area contributed by atoms with Crippen molar-refractivity contribution in [3.63, 3.8) is 0 Å². The molecule has 1 atom stereocenters. The fraction of sp³-hybridized carbons (Fsp3) is 0.444. The normalized spacial score (nSPS) is 12.6. The van der Waals surface area contributed by atoms with Gasteiger partial charge in [0.15, 0.2) is 0 Å². The molecule has 0 aliphatic carbocycles. The lowest BCUT2D eigenvalue weighted by Crippen LogP contribution is -2.09. The second-order valence-electron chi connectivity index (χ2n) is 2.77. The Morgan fingerprint density at radius 1 is 1.69 bits per heavy atom. The largest absolute Gasteiger partial charge is 0.478 e. The fourth-order valence-corrected chi connectivity index (χ4v) is 1.37. The molecular weight excluding hydrogens is 232 g/mol. The van der Waals surface area contributed by atoms with Crippen molar-refractivity contribution in [1.82, 2.24) is 4.98 Å². The van der Waals surface area contributed by atoms with E-state index in [1.165, 1.54) is 0 Å². The highest BCUT2D eigenvalue weighted by Crippen LogP contribution is 2.24. The van der Waals surface area contributed by atoms with Crippen LogP contribution in [0.5, 0.6) is 5.88 Å². The Morgan fingerprint density at radius 2 is 2.38 bits per heavy atom. The summed E-state index contributed by atoms with van der Waals surface area (Å²) in [6.45, 7) is 4.44. The molecule has 13 heavy (non-hydrogen) atoms. The van der Waals surface area contributed by atoms with E-state index in [9.17, 15) is 0 Å². The van der Waals surface area contributed by atoms with Gasteiger partial charge in [0.2, 0.25) is 5.88 Å². The van der Waals surface area contributed by atoms with Crippen molar-refractivity contribution in [2.75, 3.05) is 6.61 Å². The third-order valence-corrected chi connectivity index (χ3v) is 2.05. The molecule has 0 saturated heterocycles. The van der Waals surface area contributed by atoms with E-state index in [-0.39, 0.29) is 6.04 Å². The zero-order valence-corrected chi connectivity index (χ0v) is 9.34. The average Bonchev–Trinajstić information content (AvgIpc) is 2.08. The quantitative estimate of drug-likeness (QED) is 0.888. The van der Waals surface area contributed by atoms with Crippen LogP contribution in [-0.2, 0) is 0 Å². The average molecular weight is 245 g/mol. The monoisotopic (exact) mass is 244 g/mol. The molecule has 1 heterocycles. The Morgan fingerprint density at radius 3 is 2.92 bits per heavy atom. The number of halogens is 1. The van der Waals surface area contributed by atoms with Crippen LogP contribution in [0.4, 0.5) is 0 Å². The molecule has 3 nitrogen and oxygen atoms in total. The fourth-order valence-electron chi connectivity index (χ4n) is 1.03. The summed E-state index contributed by atoms with van der Waals surface area (Å²) in [4.78, 5) is 4.14. The third-order valence-electron chi connectivity index (χ3n) is 1.62. The Bertz CT molecular complexity index is 289. The summed E-state index contributed by atoms with van der Waals surface area (Å²) in [5, 5.41) is 0. The number of pyridine rings is 1. The number of nitrogens with two attached hydrogens (primary N) is 1.